The van der Waals surface area contributed by atoms with Crippen LogP contribution in [0.5, 0.6) is 0 Å². The molecule has 0 amide bonds. The summed E-state index contributed by atoms with van der Waals surface area (Å²) in [5.74, 6) is -0.989. The van der Waals surface area contributed by atoms with E-state index in [-0.39, 0.29) is 0 Å². The van der Waals surface area contributed by atoms with Gasteiger partial charge in [-0.3, -0.25) is 0 Å². The van der Waals surface area contributed by atoms with Crippen molar-refractivity contribution in [3.63, 3.8) is 0 Å². The van der Waals surface area contributed by atoms with Crippen LogP contribution in [-0.4, -0.2) is 35.6 Å². The van der Waals surface area contributed by atoms with E-state index in [1.807, 2.05) is 30.1 Å². The van der Waals surface area contributed by atoms with Gasteiger partial charge in [-0.1, -0.05) is 44.2 Å². The maximum atomic E-state index is 11.6. The van der Waals surface area contributed by atoms with Gasteiger partial charge in [-0.25, -0.2) is 4.79 Å². The van der Waals surface area contributed by atoms with Crippen LogP contribution in [0.2, 0.25) is 0 Å². The third-order valence-corrected chi connectivity index (χ3v) is 3.74. The number of carboxylic acid groups (broad SMARTS) is 1. The van der Waals surface area contributed by atoms with E-state index in [0.717, 1.165) is 12.8 Å². The zero-order valence-electron chi connectivity index (χ0n) is 12.0. The molecule has 0 radical (unpaired) electrons. The van der Waals surface area contributed by atoms with Crippen molar-refractivity contribution < 1.29 is 9.90 Å². The minimum Gasteiger partial charge on any atom is -0.480 e. The van der Waals surface area contributed by atoms with E-state index in [2.05, 4.69) is 13.8 Å². The first-order chi connectivity index (χ1) is 8.95. The Hall–Kier alpha value is -1.39. The lowest BCUT2D eigenvalue weighted by Gasteiger charge is -2.34. The van der Waals surface area contributed by atoms with Gasteiger partial charge in [0.25, 0.3) is 0 Å². The van der Waals surface area contributed by atoms with Crippen LogP contribution >= 0.6 is 0 Å². The van der Waals surface area contributed by atoms with Crippen LogP contribution in [0, 0.1) is 0 Å². The highest BCUT2D eigenvalue weighted by molar-refractivity contribution is 5.80. The fraction of sp³-hybridized carbons (Fsp3) is 0.533. The Kier molecular flexibility index (Phi) is 5.51. The Morgan fingerprint density at radius 2 is 1.84 bits per heavy atom. The number of benzene rings is 1. The molecule has 1 unspecified atom stereocenters. The van der Waals surface area contributed by atoms with Crippen molar-refractivity contribution in [2.75, 3.05) is 13.6 Å². The number of nitrogens with zero attached hydrogens (tertiary/aromatic N) is 1. The summed E-state index contributed by atoms with van der Waals surface area (Å²) in [5.41, 5.74) is 5.45. The molecule has 1 aromatic rings. The van der Waals surface area contributed by atoms with Gasteiger partial charge in [-0.05, 0) is 25.5 Å². The van der Waals surface area contributed by atoms with Crippen molar-refractivity contribution >= 4 is 5.97 Å². The first-order valence-electron chi connectivity index (χ1n) is 6.73. The van der Waals surface area contributed by atoms with Crippen LogP contribution < -0.4 is 5.73 Å². The molecule has 0 saturated carbocycles. The smallest absolute Gasteiger partial charge is 0.329 e. The molecule has 3 N–H and O–H groups in total. The molecular formula is C15H24N2O2. The zero-order valence-corrected chi connectivity index (χ0v) is 12.0. The maximum Gasteiger partial charge on any atom is 0.329 e. The number of hydrogen-bond donors (Lipinski definition) is 2. The monoisotopic (exact) mass is 264 g/mol. The van der Waals surface area contributed by atoms with E-state index in [1.54, 1.807) is 12.1 Å². The molecule has 0 spiro atoms. The molecule has 106 valence electrons. The van der Waals surface area contributed by atoms with Gasteiger partial charge in [0.2, 0.25) is 0 Å². The first kappa shape index (κ1) is 15.7. The summed E-state index contributed by atoms with van der Waals surface area (Å²) < 4.78 is 0. The molecular weight excluding hydrogens is 240 g/mol. The molecule has 19 heavy (non-hydrogen) atoms. The fourth-order valence-corrected chi connectivity index (χ4v) is 2.45. The lowest BCUT2D eigenvalue weighted by molar-refractivity contribution is -0.144. The molecule has 1 rings (SSSR count). The van der Waals surface area contributed by atoms with E-state index < -0.39 is 11.5 Å². The van der Waals surface area contributed by atoms with Crippen LogP contribution in [0.15, 0.2) is 30.3 Å². The van der Waals surface area contributed by atoms with Crippen molar-refractivity contribution in [2.45, 2.75) is 38.3 Å². The molecule has 0 fully saturated rings. The van der Waals surface area contributed by atoms with Gasteiger partial charge in [0.05, 0.1) is 0 Å². The number of carboxylic acids is 1. The highest BCUT2D eigenvalue weighted by Gasteiger charge is 2.38. The van der Waals surface area contributed by atoms with Crippen molar-refractivity contribution in [3.05, 3.63) is 35.9 Å². The summed E-state index contributed by atoms with van der Waals surface area (Å²) in [5, 5.41) is 9.51. The summed E-state index contributed by atoms with van der Waals surface area (Å²) in [6.07, 6.45) is 1.97. The Labute approximate surface area is 115 Å². The number of aliphatic carboxylic acids is 1. The van der Waals surface area contributed by atoms with Gasteiger partial charge in [0.1, 0.15) is 0 Å². The van der Waals surface area contributed by atoms with Crippen molar-refractivity contribution in [1.29, 1.82) is 0 Å². The van der Waals surface area contributed by atoms with Crippen molar-refractivity contribution in [1.82, 2.24) is 4.90 Å². The molecule has 1 atom stereocenters. The Bertz CT molecular complexity index is 404. The Morgan fingerprint density at radius 3 is 2.26 bits per heavy atom. The van der Waals surface area contributed by atoms with Gasteiger partial charge in [0.15, 0.2) is 5.54 Å². The van der Waals surface area contributed by atoms with E-state index >= 15 is 0 Å². The predicted molar refractivity (Wildman–Crippen MR) is 76.9 cm³/mol. The van der Waals surface area contributed by atoms with Crippen molar-refractivity contribution in [3.8, 4) is 0 Å². The summed E-state index contributed by atoms with van der Waals surface area (Å²) in [7, 11) is 1.94. The van der Waals surface area contributed by atoms with Crippen LogP contribution in [0.3, 0.4) is 0 Å². The van der Waals surface area contributed by atoms with Crippen LogP contribution in [0.25, 0.3) is 0 Å². The van der Waals surface area contributed by atoms with Crippen LogP contribution in [0.1, 0.15) is 32.3 Å². The maximum absolute atomic E-state index is 11.6. The average Bonchev–Trinajstić information content (AvgIpc) is 2.40. The molecule has 0 bridgehead atoms. The molecule has 1 aromatic carbocycles. The normalized spacial score (nSPS) is 14.6. The number of rotatable bonds is 7. The molecule has 0 saturated heterocycles. The second kappa shape index (κ2) is 6.68. The van der Waals surface area contributed by atoms with E-state index in [0.29, 0.717) is 18.2 Å². The molecule has 0 aliphatic carbocycles. The topological polar surface area (TPSA) is 66.6 Å². The lowest BCUT2D eigenvalue weighted by Crippen LogP contribution is -2.54. The van der Waals surface area contributed by atoms with Gasteiger partial charge in [-0.15, -0.1) is 0 Å². The molecule has 0 aliphatic heterocycles. The number of nitrogens with two attached hydrogens (primary N) is 1. The minimum absolute atomic E-state index is 0.304. The summed E-state index contributed by atoms with van der Waals surface area (Å²) >= 11 is 0. The van der Waals surface area contributed by atoms with Gasteiger partial charge in [0, 0.05) is 12.6 Å². The fourth-order valence-electron chi connectivity index (χ4n) is 2.45. The van der Waals surface area contributed by atoms with Gasteiger partial charge >= 0.3 is 5.97 Å². The number of likely N-dealkylation sites (N-methyl/N-ethyl adjacent to an activating group) is 1. The molecule has 4 heteroatoms. The highest BCUT2D eigenvalue weighted by atomic mass is 16.4. The SMILES string of the molecule is CCC(CC)N(C)CC(N)(C(=O)O)c1ccccc1. The van der Waals surface area contributed by atoms with Crippen molar-refractivity contribution in [2.24, 2.45) is 5.73 Å². The molecule has 0 heterocycles. The highest BCUT2D eigenvalue weighted by Crippen LogP contribution is 2.21. The average molecular weight is 264 g/mol. The second-order valence-corrected chi connectivity index (χ2v) is 5.03. The third-order valence-electron chi connectivity index (χ3n) is 3.74. The minimum atomic E-state index is -1.36. The standard InChI is InChI=1S/C15H24N2O2/c1-4-13(5-2)17(3)11-15(16,14(18)19)12-9-7-6-8-10-12/h6-10,13H,4-5,11,16H2,1-3H3,(H,18,19). The van der Waals surface area contributed by atoms with Crippen LogP contribution in [-0.2, 0) is 10.3 Å². The summed E-state index contributed by atoms with van der Waals surface area (Å²) in [4.78, 5) is 13.6. The summed E-state index contributed by atoms with van der Waals surface area (Å²) in [6, 6.07) is 9.39. The van der Waals surface area contributed by atoms with Gasteiger partial charge in [-0.2, -0.15) is 0 Å². The predicted octanol–water partition coefficient (Wildman–Crippen LogP) is 2.05. The van der Waals surface area contributed by atoms with Crippen LogP contribution in [0.4, 0.5) is 0 Å². The zero-order chi connectivity index (χ0) is 14.5. The third kappa shape index (κ3) is 3.55. The van der Waals surface area contributed by atoms with Gasteiger partial charge < -0.3 is 15.7 Å². The second-order valence-electron chi connectivity index (χ2n) is 5.03. The Balaban J connectivity index is 2.99. The Morgan fingerprint density at radius 1 is 1.32 bits per heavy atom. The largest absolute Gasteiger partial charge is 0.480 e. The first-order valence-corrected chi connectivity index (χ1v) is 6.73. The molecule has 4 nitrogen and oxygen atoms in total. The summed E-state index contributed by atoms with van der Waals surface area (Å²) in [6.45, 7) is 4.51. The molecule has 0 aromatic heterocycles. The van der Waals surface area contributed by atoms with E-state index in [9.17, 15) is 9.90 Å². The van der Waals surface area contributed by atoms with E-state index in [1.165, 1.54) is 0 Å². The quantitative estimate of drug-likeness (QED) is 0.791. The number of carbonyl (C=O) groups is 1. The lowest BCUT2D eigenvalue weighted by atomic mass is 9.90. The number of hydrogen-bond acceptors (Lipinski definition) is 3. The molecule has 0 aliphatic rings. The van der Waals surface area contributed by atoms with E-state index in [4.69, 9.17) is 5.73 Å².